The lowest BCUT2D eigenvalue weighted by Gasteiger charge is -2.33. The Morgan fingerprint density at radius 1 is 0.787 bits per heavy atom. The highest BCUT2D eigenvalue weighted by Crippen LogP contribution is 2.34. The Morgan fingerprint density at radius 2 is 1.48 bits per heavy atom. The van der Waals surface area contributed by atoms with Crippen molar-refractivity contribution in [3.63, 3.8) is 0 Å². The molecule has 4 aromatic rings. The highest BCUT2D eigenvalue weighted by Gasteiger charge is 2.46. The molecule has 428 valence electrons. The number of imide groups is 2. The number of nitrogens with zero attached hydrogens (tertiary/aromatic N) is 5. The first-order valence-electron chi connectivity index (χ1n) is 26.3. The molecule has 80 heavy (non-hydrogen) atoms. The van der Waals surface area contributed by atoms with Crippen molar-refractivity contribution in [2.24, 2.45) is 4.36 Å². The minimum atomic E-state index is -3.55. The van der Waals surface area contributed by atoms with Crippen LogP contribution in [0.3, 0.4) is 0 Å². The van der Waals surface area contributed by atoms with E-state index in [1.165, 1.54) is 24.3 Å². The third kappa shape index (κ3) is 15.5. The van der Waals surface area contributed by atoms with E-state index < -0.39 is 52.4 Å². The largest absolute Gasteiger partial charge is 0.483 e. The zero-order valence-corrected chi connectivity index (χ0v) is 46.0. The first-order chi connectivity index (χ1) is 38.7. The summed E-state index contributed by atoms with van der Waals surface area (Å²) in [5, 5.41) is 7.78. The lowest BCUT2D eigenvalue weighted by atomic mass is 10.0. The summed E-state index contributed by atoms with van der Waals surface area (Å²) in [7, 11) is 0.376. The van der Waals surface area contributed by atoms with Crippen molar-refractivity contribution in [1.82, 2.24) is 35.0 Å². The lowest BCUT2D eigenvalue weighted by Crippen LogP contribution is -2.54. The van der Waals surface area contributed by atoms with E-state index in [-0.39, 0.29) is 103 Å². The number of hydrogen-bond acceptors (Lipinski definition) is 17. The van der Waals surface area contributed by atoms with Crippen molar-refractivity contribution >= 4 is 68.8 Å². The maximum absolute atomic E-state index is 14.8. The Hall–Kier alpha value is -6.87. The Kier molecular flexibility index (Phi) is 21.1. The number of morpholine rings is 1. The second-order valence-electron chi connectivity index (χ2n) is 19.1. The van der Waals surface area contributed by atoms with Gasteiger partial charge in [-0.1, -0.05) is 48.0 Å². The Labute approximate surface area is 468 Å². The van der Waals surface area contributed by atoms with E-state index in [4.69, 9.17) is 44.2 Å². The third-order valence-corrected chi connectivity index (χ3v) is 15.6. The Bertz CT molecular complexity index is 3000. The molecule has 0 saturated carbocycles. The number of amides is 7. The fourth-order valence-corrected chi connectivity index (χ4v) is 11.1. The predicted octanol–water partition coefficient (Wildman–Crippen LogP) is 3.59. The second-order valence-corrected chi connectivity index (χ2v) is 21.3. The van der Waals surface area contributed by atoms with Crippen LogP contribution in [0.1, 0.15) is 72.4 Å². The molecular formula is C55H65ClN8O15S. The molecule has 0 spiro atoms. The summed E-state index contributed by atoms with van der Waals surface area (Å²) in [6.45, 7) is 4.32. The van der Waals surface area contributed by atoms with E-state index in [9.17, 15) is 37.8 Å². The number of ether oxygens (including phenoxy) is 6. The Morgan fingerprint density at radius 3 is 2.14 bits per heavy atom. The quantitative estimate of drug-likeness (QED) is 0.0569. The zero-order valence-electron chi connectivity index (χ0n) is 44.5. The van der Waals surface area contributed by atoms with Crippen LogP contribution in [0.15, 0.2) is 95.4 Å². The number of carbonyl (C=O) groups excluding carboxylic acids is 7. The van der Waals surface area contributed by atoms with Gasteiger partial charge in [-0.25, -0.2) is 0 Å². The number of halogens is 1. The van der Waals surface area contributed by atoms with Crippen molar-refractivity contribution in [3.8, 4) is 11.5 Å². The SMILES string of the molecule is CN(C)[C@H]1CCN(S(=O)(=Nc2ccc(C(=O)N3CCO[C@@H](c4ccccc4)C3)c(Cl)c2)Oc2ccc(C(=O)NCCOCCOCCOCCOCCNC(=O)COc3cccc4c3C(=O)N(C3CCC(=O)NC3=O)C4=O)cc2)C1. The molecular weight excluding hydrogens is 1080 g/mol. The van der Waals surface area contributed by atoms with Gasteiger partial charge in [-0.15, -0.1) is 0 Å². The molecule has 3 saturated heterocycles. The molecule has 4 aliphatic heterocycles. The van der Waals surface area contributed by atoms with Gasteiger partial charge in [-0.3, -0.25) is 43.8 Å². The molecule has 4 atom stereocenters. The summed E-state index contributed by atoms with van der Waals surface area (Å²) >= 11 is 6.73. The van der Waals surface area contributed by atoms with Gasteiger partial charge in [0.1, 0.15) is 23.6 Å². The number of carbonyl (C=O) groups is 7. The molecule has 4 heterocycles. The van der Waals surface area contributed by atoms with Crippen LogP contribution in [0.25, 0.3) is 0 Å². The lowest BCUT2D eigenvalue weighted by molar-refractivity contribution is -0.136. The van der Waals surface area contributed by atoms with Crippen LogP contribution < -0.4 is 24.9 Å². The molecule has 3 N–H and O–H groups in total. The predicted molar refractivity (Wildman–Crippen MR) is 291 cm³/mol. The summed E-state index contributed by atoms with van der Waals surface area (Å²) < 4.78 is 61.0. The summed E-state index contributed by atoms with van der Waals surface area (Å²) in [5.41, 5.74) is 1.91. The van der Waals surface area contributed by atoms with Gasteiger partial charge in [-0.2, -0.15) is 12.9 Å². The van der Waals surface area contributed by atoms with E-state index >= 15 is 0 Å². The standard InChI is InChI=1S/C55H65ClN8O15S/c1-61(2)40-19-22-63(34-40)80(72,60-39-13-16-42(44(56)33-39)53(69)62-23-26-77-47(35-62)37-7-4-3-5-8-37)79-41-14-11-38(12-15-41)51(67)58-21-25-74-28-30-76-32-31-75-29-27-73-24-20-57-49(66)36-78-46-10-6-9-43-50(46)55(71)64(54(43)70)45-17-18-48(65)59-52(45)68/h3-16,33,40,45,47H,17-32,34-36H2,1-2H3,(H,57,66)(H,58,67)(H,59,65,68)/t40-,45?,47+,80?/m0/s1. The van der Waals surface area contributed by atoms with E-state index in [2.05, 4.69) is 25.2 Å². The molecule has 23 nitrogen and oxygen atoms in total. The van der Waals surface area contributed by atoms with E-state index in [1.54, 1.807) is 45.6 Å². The van der Waals surface area contributed by atoms with Crippen LogP contribution in [0.2, 0.25) is 5.02 Å². The van der Waals surface area contributed by atoms with Gasteiger partial charge >= 0.3 is 0 Å². The smallest absolute Gasteiger partial charge is 0.283 e. The van der Waals surface area contributed by atoms with Gasteiger partial charge in [0.15, 0.2) is 6.61 Å². The second kappa shape index (κ2) is 28.5. The Balaban J connectivity index is 0.678. The highest BCUT2D eigenvalue weighted by molar-refractivity contribution is 7.87. The molecule has 7 amide bonds. The van der Waals surface area contributed by atoms with E-state index in [0.717, 1.165) is 16.9 Å². The third-order valence-electron chi connectivity index (χ3n) is 13.4. The highest BCUT2D eigenvalue weighted by atomic mass is 35.5. The summed E-state index contributed by atoms with van der Waals surface area (Å²) in [6, 6.07) is 24.1. The number of piperidine rings is 1. The molecule has 0 bridgehead atoms. The number of likely N-dealkylation sites (N-methyl/N-ethyl adjacent to an activating group) is 1. The molecule has 25 heteroatoms. The zero-order chi connectivity index (χ0) is 56.6. The molecule has 2 unspecified atom stereocenters. The number of fused-ring (bicyclic) bond motifs is 1. The normalized spacial score (nSPS) is 19.1. The van der Waals surface area contributed by atoms with Crippen LogP contribution in [-0.2, 0) is 48.3 Å². The maximum Gasteiger partial charge on any atom is 0.283 e. The van der Waals surface area contributed by atoms with Crippen LogP contribution in [0.4, 0.5) is 5.69 Å². The molecule has 0 aliphatic carbocycles. The number of hydrogen-bond donors (Lipinski definition) is 3. The van der Waals surface area contributed by atoms with Gasteiger partial charge in [0, 0.05) is 50.7 Å². The molecule has 0 aromatic heterocycles. The van der Waals surface area contributed by atoms with Gasteiger partial charge in [-0.05, 0) is 87.1 Å². The van der Waals surface area contributed by atoms with Crippen molar-refractivity contribution < 1.29 is 70.4 Å². The van der Waals surface area contributed by atoms with Gasteiger partial charge < -0.3 is 53.0 Å². The minimum Gasteiger partial charge on any atom is -0.483 e. The van der Waals surface area contributed by atoms with Gasteiger partial charge in [0.25, 0.3) is 39.7 Å². The first-order valence-corrected chi connectivity index (χ1v) is 28.0. The maximum atomic E-state index is 14.8. The topological polar surface area (TPSA) is 263 Å². The van der Waals surface area contributed by atoms with Crippen LogP contribution in [0.5, 0.6) is 11.5 Å². The van der Waals surface area contributed by atoms with Crippen molar-refractivity contribution in [3.05, 3.63) is 124 Å². The van der Waals surface area contributed by atoms with E-state index in [1.807, 2.05) is 44.4 Å². The average Bonchev–Trinajstić information content (AvgIpc) is 4.24. The summed E-state index contributed by atoms with van der Waals surface area (Å²) in [6.07, 6.45) is 0.498. The summed E-state index contributed by atoms with van der Waals surface area (Å²) in [4.78, 5) is 93.9. The van der Waals surface area contributed by atoms with Crippen molar-refractivity contribution in [1.29, 1.82) is 0 Å². The molecule has 3 fully saturated rings. The molecule has 8 rings (SSSR count). The number of nitrogens with one attached hydrogen (secondary N) is 3. The van der Waals surface area contributed by atoms with Crippen molar-refractivity contribution in [2.45, 2.75) is 37.5 Å². The number of benzene rings is 4. The monoisotopic (exact) mass is 1140 g/mol. The fraction of sp³-hybridized carbons (Fsp3) is 0.436. The van der Waals surface area contributed by atoms with Crippen LogP contribution in [0, 0.1) is 0 Å². The van der Waals surface area contributed by atoms with E-state index in [0.29, 0.717) is 76.9 Å². The van der Waals surface area contributed by atoms with Gasteiger partial charge in [0.2, 0.25) is 11.8 Å². The molecule has 4 aliphatic rings. The average molecular weight is 1150 g/mol. The van der Waals surface area contributed by atoms with Crippen LogP contribution in [-0.4, -0.2) is 196 Å². The van der Waals surface area contributed by atoms with Gasteiger partial charge in [0.05, 0.1) is 93.4 Å². The molecule has 4 aromatic carbocycles. The first kappa shape index (κ1) is 59.3. The summed E-state index contributed by atoms with van der Waals surface area (Å²) in [5.74, 6) is -3.41. The molecule has 0 radical (unpaired) electrons. The van der Waals surface area contributed by atoms with Crippen molar-refractivity contribution in [2.75, 3.05) is 119 Å². The van der Waals surface area contributed by atoms with Crippen LogP contribution >= 0.6 is 11.6 Å². The fourth-order valence-electron chi connectivity index (χ4n) is 9.16. The number of rotatable bonds is 27. The minimum absolute atomic E-state index is 0.00670.